The lowest BCUT2D eigenvalue weighted by Gasteiger charge is -2.21. The van der Waals surface area contributed by atoms with Gasteiger partial charge < -0.3 is 4.74 Å². The summed E-state index contributed by atoms with van der Waals surface area (Å²) < 4.78 is 4.69. The second-order valence-electron chi connectivity index (χ2n) is 1.54. The van der Waals surface area contributed by atoms with Gasteiger partial charge >= 0.3 is 0 Å². The van der Waals surface area contributed by atoms with E-state index in [1.165, 1.54) is 0 Å². The Morgan fingerprint density at radius 1 is 1.71 bits per heavy atom. The molecule has 1 aliphatic rings. The van der Waals surface area contributed by atoms with Crippen LogP contribution in [0.15, 0.2) is 0 Å². The zero-order valence-corrected chi connectivity index (χ0v) is 4.44. The first-order chi connectivity index (χ1) is 3.30. The summed E-state index contributed by atoms with van der Waals surface area (Å²) in [6.45, 7) is 1.03. The van der Waals surface area contributed by atoms with Gasteiger partial charge in [-0.25, -0.2) is 0 Å². The molecule has 0 amide bonds. The Labute approximate surface area is 46.4 Å². The van der Waals surface area contributed by atoms with Gasteiger partial charge in [0.25, 0.3) is 0 Å². The van der Waals surface area contributed by atoms with Gasteiger partial charge in [-0.1, -0.05) is 0 Å². The standard InChI is InChI=1S/C4H5ClO2/c5-4(6)3-1-7-2-3/h3H,1-2H2. The summed E-state index contributed by atoms with van der Waals surface area (Å²) in [5.41, 5.74) is 0. The van der Waals surface area contributed by atoms with E-state index in [0.29, 0.717) is 13.2 Å². The summed E-state index contributed by atoms with van der Waals surface area (Å²) in [6.07, 6.45) is 0. The van der Waals surface area contributed by atoms with Crippen LogP contribution in [0.5, 0.6) is 0 Å². The molecule has 0 aromatic heterocycles. The number of carbonyl (C=O) groups excluding carboxylic acids is 1. The van der Waals surface area contributed by atoms with Crippen LogP contribution < -0.4 is 0 Å². The van der Waals surface area contributed by atoms with Crippen LogP contribution in [0.3, 0.4) is 0 Å². The summed E-state index contributed by atoms with van der Waals surface area (Å²) in [5, 5.41) is -0.272. The Morgan fingerprint density at radius 2 is 2.29 bits per heavy atom. The average molecular weight is 121 g/mol. The number of hydrogen-bond donors (Lipinski definition) is 0. The molecule has 0 radical (unpaired) electrons. The van der Waals surface area contributed by atoms with Crippen molar-refractivity contribution in [2.75, 3.05) is 13.2 Å². The second-order valence-corrected chi connectivity index (χ2v) is 1.91. The maximum atomic E-state index is 10.1. The molecular formula is C4H5ClO2. The Morgan fingerprint density at radius 3 is 2.29 bits per heavy atom. The molecule has 0 aliphatic carbocycles. The minimum Gasteiger partial charge on any atom is -0.380 e. The van der Waals surface area contributed by atoms with Gasteiger partial charge in [0.1, 0.15) is 0 Å². The predicted molar refractivity (Wildman–Crippen MR) is 25.2 cm³/mol. The SMILES string of the molecule is O=C(Cl)C1COC1. The molecule has 0 bridgehead atoms. The molecule has 0 atom stereocenters. The van der Waals surface area contributed by atoms with E-state index in [1.807, 2.05) is 0 Å². The van der Waals surface area contributed by atoms with Crippen LogP contribution in [0.2, 0.25) is 0 Å². The van der Waals surface area contributed by atoms with Gasteiger partial charge in [-0.15, -0.1) is 0 Å². The molecule has 1 heterocycles. The van der Waals surface area contributed by atoms with Crippen molar-refractivity contribution in [3.8, 4) is 0 Å². The van der Waals surface area contributed by atoms with Gasteiger partial charge in [0.05, 0.1) is 19.1 Å². The molecular weight excluding hydrogens is 115 g/mol. The van der Waals surface area contributed by atoms with E-state index in [2.05, 4.69) is 0 Å². The third-order valence-electron chi connectivity index (χ3n) is 0.959. The normalized spacial score (nSPS) is 21.3. The second kappa shape index (κ2) is 1.80. The van der Waals surface area contributed by atoms with Crippen LogP contribution in [-0.4, -0.2) is 18.5 Å². The third kappa shape index (κ3) is 0.924. The van der Waals surface area contributed by atoms with Crippen molar-refractivity contribution in [3.63, 3.8) is 0 Å². The van der Waals surface area contributed by atoms with E-state index in [-0.39, 0.29) is 11.2 Å². The Kier molecular flexibility index (Phi) is 1.30. The molecule has 0 saturated carbocycles. The summed E-state index contributed by atoms with van der Waals surface area (Å²) in [5.74, 6) is -0.0123. The van der Waals surface area contributed by atoms with Crippen molar-refractivity contribution in [2.24, 2.45) is 5.92 Å². The van der Waals surface area contributed by atoms with E-state index in [4.69, 9.17) is 16.3 Å². The van der Waals surface area contributed by atoms with Crippen molar-refractivity contribution < 1.29 is 9.53 Å². The molecule has 1 saturated heterocycles. The quantitative estimate of drug-likeness (QED) is 0.468. The minimum atomic E-state index is -0.272. The monoisotopic (exact) mass is 120 g/mol. The number of halogens is 1. The first-order valence-electron chi connectivity index (χ1n) is 2.08. The summed E-state index contributed by atoms with van der Waals surface area (Å²) >= 11 is 5.06. The minimum absolute atomic E-state index is 0.0123. The maximum Gasteiger partial charge on any atom is 0.229 e. The zero-order valence-electron chi connectivity index (χ0n) is 3.69. The Balaban J connectivity index is 2.27. The largest absolute Gasteiger partial charge is 0.380 e. The van der Waals surface area contributed by atoms with E-state index in [0.717, 1.165) is 0 Å². The molecule has 2 nitrogen and oxygen atoms in total. The highest BCUT2D eigenvalue weighted by molar-refractivity contribution is 6.64. The molecule has 0 unspecified atom stereocenters. The van der Waals surface area contributed by atoms with Gasteiger partial charge in [0.15, 0.2) is 0 Å². The van der Waals surface area contributed by atoms with Crippen molar-refractivity contribution in [1.29, 1.82) is 0 Å². The number of carbonyl (C=O) groups is 1. The first-order valence-corrected chi connectivity index (χ1v) is 2.45. The van der Waals surface area contributed by atoms with Crippen LogP contribution in [0, 0.1) is 5.92 Å². The van der Waals surface area contributed by atoms with Gasteiger partial charge in [-0.05, 0) is 11.6 Å². The van der Waals surface area contributed by atoms with Gasteiger partial charge in [0, 0.05) is 0 Å². The van der Waals surface area contributed by atoms with Crippen molar-refractivity contribution in [2.45, 2.75) is 0 Å². The number of ether oxygens (including phenoxy) is 1. The fourth-order valence-electron chi connectivity index (χ4n) is 0.367. The zero-order chi connectivity index (χ0) is 5.28. The highest BCUT2D eigenvalue weighted by Crippen LogP contribution is 2.12. The molecule has 0 spiro atoms. The van der Waals surface area contributed by atoms with Crippen molar-refractivity contribution >= 4 is 16.8 Å². The Bertz CT molecular complexity index is 87.7. The third-order valence-corrected chi connectivity index (χ3v) is 1.27. The summed E-state index contributed by atoms with van der Waals surface area (Å²) in [4.78, 5) is 10.1. The van der Waals surface area contributed by atoms with Crippen molar-refractivity contribution in [1.82, 2.24) is 0 Å². The fraction of sp³-hybridized carbons (Fsp3) is 0.750. The molecule has 7 heavy (non-hydrogen) atoms. The predicted octanol–water partition coefficient (Wildman–Crippen LogP) is 0.398. The van der Waals surface area contributed by atoms with E-state index in [9.17, 15) is 4.79 Å². The average Bonchev–Trinajstić information content (AvgIpc) is 1.23. The number of hydrogen-bond acceptors (Lipinski definition) is 2. The molecule has 0 aromatic rings. The van der Waals surface area contributed by atoms with E-state index < -0.39 is 0 Å². The lowest BCUT2D eigenvalue weighted by atomic mass is 10.1. The summed E-state index contributed by atoms with van der Waals surface area (Å²) in [6, 6.07) is 0. The molecule has 1 aliphatic heterocycles. The van der Waals surface area contributed by atoms with Gasteiger partial charge in [0.2, 0.25) is 5.24 Å². The first kappa shape index (κ1) is 5.06. The van der Waals surface area contributed by atoms with Gasteiger partial charge in [-0.3, -0.25) is 4.79 Å². The van der Waals surface area contributed by atoms with Crippen LogP contribution in [0.1, 0.15) is 0 Å². The van der Waals surface area contributed by atoms with Crippen molar-refractivity contribution in [3.05, 3.63) is 0 Å². The topological polar surface area (TPSA) is 26.3 Å². The summed E-state index contributed by atoms with van der Waals surface area (Å²) in [7, 11) is 0. The highest BCUT2D eigenvalue weighted by Gasteiger charge is 2.24. The van der Waals surface area contributed by atoms with E-state index in [1.54, 1.807) is 0 Å². The lowest BCUT2D eigenvalue weighted by Crippen LogP contribution is -2.31. The molecule has 0 aromatic carbocycles. The van der Waals surface area contributed by atoms with Crippen LogP contribution >= 0.6 is 11.6 Å². The molecule has 0 N–H and O–H groups in total. The maximum absolute atomic E-state index is 10.1. The molecule has 40 valence electrons. The molecule has 1 rings (SSSR count). The van der Waals surface area contributed by atoms with Gasteiger partial charge in [-0.2, -0.15) is 0 Å². The van der Waals surface area contributed by atoms with Crippen LogP contribution in [-0.2, 0) is 9.53 Å². The molecule has 1 fully saturated rings. The lowest BCUT2D eigenvalue weighted by molar-refractivity contribution is -0.128. The highest BCUT2D eigenvalue weighted by atomic mass is 35.5. The fourth-order valence-corrected chi connectivity index (χ4v) is 0.493. The Hall–Kier alpha value is -0.0800. The van der Waals surface area contributed by atoms with E-state index >= 15 is 0 Å². The molecule has 3 heteroatoms. The van der Waals surface area contributed by atoms with Crippen LogP contribution in [0.25, 0.3) is 0 Å². The van der Waals surface area contributed by atoms with Crippen LogP contribution in [0.4, 0.5) is 0 Å². The smallest absolute Gasteiger partial charge is 0.229 e. The number of rotatable bonds is 1.